The van der Waals surface area contributed by atoms with Crippen LogP contribution in [0.3, 0.4) is 0 Å². The number of rotatable bonds is 12. The molecular weight excluding hydrogens is 244 g/mol. The lowest BCUT2D eigenvalue weighted by Crippen LogP contribution is -2.16. The lowest BCUT2D eigenvalue weighted by Gasteiger charge is -2.09. The molecule has 1 unspecified atom stereocenters. The van der Waals surface area contributed by atoms with Gasteiger partial charge in [0.25, 0.3) is 0 Å². The first kappa shape index (κ1) is 18.1. The minimum absolute atomic E-state index is 0.0605. The number of methoxy groups -OCH3 is 1. The Hall–Kier alpha value is -0.900. The van der Waals surface area contributed by atoms with Crippen LogP contribution in [-0.4, -0.2) is 30.1 Å². The highest BCUT2D eigenvalue weighted by Crippen LogP contribution is 2.11. The number of aliphatic hydroxyl groups is 1. The molecule has 0 heterocycles. The van der Waals surface area contributed by atoms with E-state index < -0.39 is 12.1 Å². The van der Waals surface area contributed by atoms with E-state index in [1.807, 2.05) is 0 Å². The van der Waals surface area contributed by atoms with E-state index in [1.54, 1.807) is 0 Å². The molecule has 1 atom stereocenters. The van der Waals surface area contributed by atoms with E-state index in [2.05, 4.69) is 11.7 Å². The molecule has 0 saturated carbocycles. The lowest BCUT2D eigenvalue weighted by atomic mass is 10.0. The van der Waals surface area contributed by atoms with Crippen molar-refractivity contribution in [2.75, 3.05) is 7.11 Å². The van der Waals surface area contributed by atoms with Crippen LogP contribution in [0.4, 0.5) is 0 Å². The zero-order chi connectivity index (χ0) is 14.5. The smallest absolute Gasteiger partial charge is 0.313 e. The van der Waals surface area contributed by atoms with Crippen LogP contribution in [0.1, 0.15) is 71.1 Å². The molecule has 0 aliphatic heterocycles. The van der Waals surface area contributed by atoms with Crippen LogP contribution in [-0.2, 0) is 14.3 Å². The third-order valence-electron chi connectivity index (χ3n) is 3.17. The first-order valence-corrected chi connectivity index (χ1v) is 7.36. The second-order valence-electron chi connectivity index (χ2n) is 5.06. The Morgan fingerprint density at radius 1 is 1.05 bits per heavy atom. The Balaban J connectivity index is 3.45. The SMILES string of the molecule is CCCCCCCCCC(O)CC(=O)CC(=O)OC. The Labute approximate surface area is 116 Å². The van der Waals surface area contributed by atoms with Gasteiger partial charge in [0, 0.05) is 6.42 Å². The van der Waals surface area contributed by atoms with Crippen molar-refractivity contribution in [1.82, 2.24) is 0 Å². The van der Waals surface area contributed by atoms with E-state index >= 15 is 0 Å². The third-order valence-corrected chi connectivity index (χ3v) is 3.17. The number of esters is 1. The molecular formula is C15H28O4. The molecule has 0 aromatic carbocycles. The van der Waals surface area contributed by atoms with Crippen LogP contribution in [0.2, 0.25) is 0 Å². The van der Waals surface area contributed by atoms with Gasteiger partial charge in [-0.1, -0.05) is 51.9 Å². The molecule has 0 aromatic heterocycles. The predicted molar refractivity (Wildman–Crippen MR) is 74.9 cm³/mol. The summed E-state index contributed by atoms with van der Waals surface area (Å²) in [5.41, 5.74) is 0. The first-order chi connectivity index (χ1) is 9.10. The van der Waals surface area contributed by atoms with E-state index in [9.17, 15) is 14.7 Å². The number of Topliss-reactive ketones (excluding diaryl/α,β-unsaturated/α-hetero) is 1. The number of carbonyl (C=O) groups is 2. The summed E-state index contributed by atoms with van der Waals surface area (Å²) in [6, 6.07) is 0. The average molecular weight is 272 g/mol. The number of hydrogen-bond donors (Lipinski definition) is 1. The molecule has 0 radical (unpaired) electrons. The zero-order valence-corrected chi connectivity index (χ0v) is 12.3. The zero-order valence-electron chi connectivity index (χ0n) is 12.3. The summed E-state index contributed by atoms with van der Waals surface area (Å²) >= 11 is 0. The summed E-state index contributed by atoms with van der Waals surface area (Å²) in [5.74, 6) is -0.782. The summed E-state index contributed by atoms with van der Waals surface area (Å²) in [7, 11) is 1.25. The van der Waals surface area contributed by atoms with Gasteiger partial charge in [0.2, 0.25) is 0 Å². The molecule has 0 spiro atoms. The molecule has 112 valence electrons. The van der Waals surface area contributed by atoms with Crippen molar-refractivity contribution >= 4 is 11.8 Å². The highest BCUT2D eigenvalue weighted by Gasteiger charge is 2.14. The standard InChI is InChI=1S/C15H28O4/c1-3-4-5-6-7-8-9-10-13(16)11-14(17)12-15(18)19-2/h13,16H,3-12H2,1-2H3. The van der Waals surface area contributed by atoms with Gasteiger partial charge in [-0.05, 0) is 6.42 Å². The number of carbonyl (C=O) groups excluding carboxylic acids is 2. The van der Waals surface area contributed by atoms with Crippen molar-refractivity contribution in [3.05, 3.63) is 0 Å². The molecule has 4 heteroatoms. The quantitative estimate of drug-likeness (QED) is 0.337. The second-order valence-corrected chi connectivity index (χ2v) is 5.06. The van der Waals surface area contributed by atoms with Gasteiger partial charge in [0.1, 0.15) is 12.2 Å². The van der Waals surface area contributed by atoms with Crippen LogP contribution >= 0.6 is 0 Å². The van der Waals surface area contributed by atoms with Crippen LogP contribution in [0.25, 0.3) is 0 Å². The minimum atomic E-state index is -0.618. The fourth-order valence-electron chi connectivity index (χ4n) is 2.01. The molecule has 0 aromatic rings. The van der Waals surface area contributed by atoms with Crippen LogP contribution in [0, 0.1) is 0 Å². The number of aliphatic hydroxyl groups excluding tert-OH is 1. The van der Waals surface area contributed by atoms with Gasteiger partial charge in [-0.2, -0.15) is 0 Å². The number of ether oxygens (including phenoxy) is 1. The Kier molecular flexibility index (Phi) is 11.6. The van der Waals surface area contributed by atoms with Crippen molar-refractivity contribution in [2.24, 2.45) is 0 Å². The van der Waals surface area contributed by atoms with Gasteiger partial charge in [0.05, 0.1) is 13.2 Å². The molecule has 0 rings (SSSR count). The highest BCUT2D eigenvalue weighted by molar-refractivity contribution is 5.95. The van der Waals surface area contributed by atoms with E-state index in [0.29, 0.717) is 6.42 Å². The molecule has 4 nitrogen and oxygen atoms in total. The van der Waals surface area contributed by atoms with E-state index in [1.165, 1.54) is 39.2 Å². The van der Waals surface area contributed by atoms with Gasteiger partial charge >= 0.3 is 5.97 Å². The highest BCUT2D eigenvalue weighted by atomic mass is 16.5. The summed E-state index contributed by atoms with van der Waals surface area (Å²) in [6.07, 6.45) is 8.19. The summed E-state index contributed by atoms with van der Waals surface area (Å²) in [5, 5.41) is 9.67. The lowest BCUT2D eigenvalue weighted by molar-refractivity contribution is -0.143. The van der Waals surface area contributed by atoms with Crippen molar-refractivity contribution < 1.29 is 19.4 Å². The first-order valence-electron chi connectivity index (χ1n) is 7.36. The van der Waals surface area contributed by atoms with Crippen LogP contribution in [0.5, 0.6) is 0 Å². The molecule has 0 saturated heterocycles. The second kappa shape index (κ2) is 12.2. The molecule has 19 heavy (non-hydrogen) atoms. The molecule has 0 fully saturated rings. The predicted octanol–water partition coefficient (Wildman–Crippen LogP) is 3.01. The maximum Gasteiger partial charge on any atom is 0.313 e. The van der Waals surface area contributed by atoms with Crippen molar-refractivity contribution in [3.8, 4) is 0 Å². The fourth-order valence-corrected chi connectivity index (χ4v) is 2.01. The summed E-state index contributed by atoms with van der Waals surface area (Å²) in [6.45, 7) is 2.20. The number of hydrogen-bond acceptors (Lipinski definition) is 4. The van der Waals surface area contributed by atoms with Crippen molar-refractivity contribution in [3.63, 3.8) is 0 Å². The van der Waals surface area contributed by atoms with Crippen molar-refractivity contribution in [1.29, 1.82) is 0 Å². The maximum atomic E-state index is 11.4. The average Bonchev–Trinajstić information content (AvgIpc) is 2.37. The molecule has 1 N–H and O–H groups in total. The molecule has 0 aliphatic rings. The van der Waals surface area contributed by atoms with Gasteiger partial charge < -0.3 is 9.84 Å². The van der Waals surface area contributed by atoms with Gasteiger partial charge in [-0.15, -0.1) is 0 Å². The normalized spacial score (nSPS) is 12.2. The summed E-state index contributed by atoms with van der Waals surface area (Å²) < 4.78 is 4.41. The monoisotopic (exact) mass is 272 g/mol. The third kappa shape index (κ3) is 11.9. The molecule has 0 aliphatic carbocycles. The molecule has 0 amide bonds. The van der Waals surface area contributed by atoms with E-state index in [-0.39, 0.29) is 18.6 Å². The minimum Gasteiger partial charge on any atom is -0.469 e. The van der Waals surface area contributed by atoms with Gasteiger partial charge in [0.15, 0.2) is 0 Å². The largest absolute Gasteiger partial charge is 0.469 e. The Bertz CT molecular complexity index is 251. The Morgan fingerprint density at radius 2 is 1.63 bits per heavy atom. The fraction of sp³-hybridized carbons (Fsp3) is 0.867. The summed E-state index contributed by atoms with van der Waals surface area (Å²) in [4.78, 5) is 22.2. The topological polar surface area (TPSA) is 63.6 Å². The maximum absolute atomic E-state index is 11.4. The number of unbranched alkanes of at least 4 members (excludes halogenated alkanes) is 6. The van der Waals surface area contributed by atoms with Gasteiger partial charge in [-0.25, -0.2) is 0 Å². The van der Waals surface area contributed by atoms with Crippen molar-refractivity contribution in [2.45, 2.75) is 77.2 Å². The molecule has 0 bridgehead atoms. The van der Waals surface area contributed by atoms with Crippen LogP contribution in [0.15, 0.2) is 0 Å². The van der Waals surface area contributed by atoms with E-state index in [4.69, 9.17) is 0 Å². The van der Waals surface area contributed by atoms with Crippen LogP contribution < -0.4 is 0 Å². The van der Waals surface area contributed by atoms with Gasteiger partial charge in [-0.3, -0.25) is 9.59 Å². The number of ketones is 1. The van der Waals surface area contributed by atoms with E-state index in [0.717, 1.165) is 12.8 Å². The Morgan fingerprint density at radius 3 is 2.21 bits per heavy atom.